The number of nitrogens with zero attached hydrogens (tertiary/aromatic N) is 4. The number of carbonyl (C=O) groups is 1. The Bertz CT molecular complexity index is 857. The van der Waals surface area contributed by atoms with E-state index in [0.717, 1.165) is 37.2 Å². The zero-order valence-electron chi connectivity index (χ0n) is 17.4. The lowest BCUT2D eigenvalue weighted by molar-refractivity contribution is -0.121. The van der Waals surface area contributed by atoms with Gasteiger partial charge in [-0.1, -0.05) is 18.5 Å². The highest BCUT2D eigenvalue weighted by Crippen LogP contribution is 2.24. The van der Waals surface area contributed by atoms with Crippen molar-refractivity contribution in [3.05, 3.63) is 35.6 Å². The Labute approximate surface area is 181 Å². The quantitative estimate of drug-likeness (QED) is 0.378. The molecule has 1 aliphatic rings. The zero-order chi connectivity index (χ0) is 22.1. The van der Waals surface area contributed by atoms with Gasteiger partial charge in [-0.05, 0) is 37.0 Å². The molecule has 3 N–H and O–H groups in total. The van der Waals surface area contributed by atoms with Crippen molar-refractivity contribution in [1.29, 1.82) is 10.8 Å². The smallest absolute Gasteiger partial charge is 0.209 e. The van der Waals surface area contributed by atoms with Crippen molar-refractivity contribution in [2.45, 2.75) is 39.2 Å². The Hall–Kier alpha value is -2.94. The Morgan fingerprint density at radius 2 is 2.07 bits per heavy atom. The highest BCUT2D eigenvalue weighted by Gasteiger charge is 2.26. The van der Waals surface area contributed by atoms with Gasteiger partial charge in [-0.3, -0.25) is 15.6 Å². The average molecular weight is 434 g/mol. The third-order valence-electron chi connectivity index (χ3n) is 4.73. The number of hydrogen-bond donors (Lipinski definition) is 3. The molecule has 0 aliphatic carbocycles. The molecule has 30 heavy (non-hydrogen) atoms. The highest BCUT2D eigenvalue weighted by atomic mass is 35.5. The molecule has 0 bridgehead atoms. The van der Waals surface area contributed by atoms with Crippen LogP contribution in [0.1, 0.15) is 33.1 Å². The van der Waals surface area contributed by atoms with Gasteiger partial charge >= 0.3 is 0 Å². The van der Waals surface area contributed by atoms with E-state index in [0.29, 0.717) is 17.4 Å². The van der Waals surface area contributed by atoms with Crippen LogP contribution in [0.25, 0.3) is 5.69 Å². The van der Waals surface area contributed by atoms with E-state index < -0.39 is 0 Å². The third kappa shape index (κ3) is 6.84. The largest absolute Gasteiger partial charge is 0.430 e. The molecule has 2 aromatic rings. The normalized spacial score (nSPS) is 18.1. The van der Waals surface area contributed by atoms with E-state index >= 15 is 0 Å². The van der Waals surface area contributed by atoms with Gasteiger partial charge in [0.2, 0.25) is 6.41 Å². The predicted molar refractivity (Wildman–Crippen MR) is 118 cm³/mol. The topological polar surface area (TPSA) is 120 Å². The monoisotopic (exact) mass is 433 g/mol. The molecular weight excluding hydrogens is 406 g/mol. The molecular formula is C20H28ClN7O2. The van der Waals surface area contributed by atoms with Gasteiger partial charge in [0.05, 0.1) is 17.4 Å². The van der Waals surface area contributed by atoms with Gasteiger partial charge in [0.25, 0.3) is 0 Å². The summed E-state index contributed by atoms with van der Waals surface area (Å²) in [5.41, 5.74) is 1.74. The molecule has 2 atom stereocenters. The molecule has 2 heterocycles. The van der Waals surface area contributed by atoms with Crippen LogP contribution in [0.15, 0.2) is 30.6 Å². The second-order valence-electron chi connectivity index (χ2n) is 7.15. The third-order valence-corrected chi connectivity index (χ3v) is 5.04. The van der Waals surface area contributed by atoms with Gasteiger partial charge in [0.1, 0.15) is 5.69 Å². The van der Waals surface area contributed by atoms with E-state index in [9.17, 15) is 4.79 Å². The first-order valence-corrected chi connectivity index (χ1v) is 10.1. The van der Waals surface area contributed by atoms with E-state index in [1.165, 1.54) is 11.7 Å². The van der Waals surface area contributed by atoms with Gasteiger partial charge in [0, 0.05) is 38.7 Å². The van der Waals surface area contributed by atoms with E-state index in [-0.39, 0.29) is 17.8 Å². The number of ether oxygens (including phenoxy) is 1. The fraction of sp³-hybridized carbons (Fsp3) is 0.450. The minimum absolute atomic E-state index is 0.0199. The van der Waals surface area contributed by atoms with Crippen molar-refractivity contribution in [3.8, 4) is 5.69 Å². The number of hydrogen-bond acceptors (Lipinski definition) is 7. The van der Waals surface area contributed by atoms with E-state index in [4.69, 9.17) is 27.2 Å². The minimum Gasteiger partial charge on any atom is -0.430 e. The molecule has 1 aliphatic heterocycles. The average Bonchev–Trinajstić information content (AvgIpc) is 3.23. The zero-order valence-corrected chi connectivity index (χ0v) is 18.2. The lowest BCUT2D eigenvalue weighted by Gasteiger charge is -2.35. The maximum atomic E-state index is 10.9. The minimum atomic E-state index is 0.0199. The van der Waals surface area contributed by atoms with Gasteiger partial charge in [0.15, 0.2) is 11.8 Å². The predicted octanol–water partition coefficient (Wildman–Crippen LogP) is 3.59. The number of halogens is 1. The molecule has 162 valence electrons. The summed E-state index contributed by atoms with van der Waals surface area (Å²) in [6, 6.07) is 5.65. The first kappa shape index (κ1) is 23.3. The number of likely N-dealkylation sites (tertiary alicyclic amines) is 1. The summed E-state index contributed by atoms with van der Waals surface area (Å²) in [5, 5.41) is 26.4. The first-order chi connectivity index (χ1) is 14.3. The molecule has 0 saturated carbocycles. The van der Waals surface area contributed by atoms with Crippen molar-refractivity contribution in [1.82, 2.24) is 19.9 Å². The van der Waals surface area contributed by atoms with Crippen LogP contribution >= 0.6 is 11.6 Å². The molecule has 0 spiro atoms. The highest BCUT2D eigenvalue weighted by molar-refractivity contribution is 6.32. The summed E-state index contributed by atoms with van der Waals surface area (Å²) in [6.45, 7) is 4.41. The first-order valence-electron chi connectivity index (χ1n) is 9.69. The molecule has 9 nitrogen and oxygen atoms in total. The van der Waals surface area contributed by atoms with E-state index in [1.807, 2.05) is 25.2 Å². The molecule has 0 radical (unpaired) electrons. The van der Waals surface area contributed by atoms with Crippen LogP contribution < -0.4 is 5.32 Å². The lowest BCUT2D eigenvalue weighted by Crippen LogP contribution is -2.42. The molecule has 1 fully saturated rings. The summed E-state index contributed by atoms with van der Waals surface area (Å²) >= 11 is 6.02. The standard InChI is InChI=1S/C11H19N3O2.C9H9ClN4/c1-8-3-4-14(7-15)10(5-8)6-11(13)16-9(2)12;1-11-7-2-3-8(10)9(6-7)14-12-4-5-13-14/h7-8,10,12-13H,3-6H2,1-2H3;2-6,11H,1H3. The van der Waals surface area contributed by atoms with Crippen molar-refractivity contribution in [2.75, 3.05) is 18.9 Å². The summed E-state index contributed by atoms with van der Waals surface area (Å²) in [6.07, 6.45) is 6.40. The van der Waals surface area contributed by atoms with Crippen LogP contribution in [0.5, 0.6) is 0 Å². The maximum absolute atomic E-state index is 10.9. The fourth-order valence-corrected chi connectivity index (χ4v) is 3.40. The van der Waals surface area contributed by atoms with Crippen LogP contribution in [-0.2, 0) is 9.53 Å². The van der Waals surface area contributed by atoms with Crippen molar-refractivity contribution >= 4 is 35.5 Å². The lowest BCUT2D eigenvalue weighted by atomic mass is 9.91. The molecule has 1 amide bonds. The van der Waals surface area contributed by atoms with Crippen LogP contribution in [0, 0.1) is 16.7 Å². The van der Waals surface area contributed by atoms with Gasteiger partial charge < -0.3 is 15.0 Å². The van der Waals surface area contributed by atoms with Gasteiger partial charge in [-0.15, -0.1) is 0 Å². The fourth-order valence-electron chi connectivity index (χ4n) is 3.21. The molecule has 3 rings (SSSR count). The SMILES string of the molecule is CC(=N)OC(=N)CC1CC(C)CCN1C=O.CNc1ccc(Cl)c(-n2nccn2)c1. The van der Waals surface area contributed by atoms with Crippen LogP contribution in [0.2, 0.25) is 5.02 Å². The number of amides is 1. The Morgan fingerprint density at radius 1 is 1.37 bits per heavy atom. The Kier molecular flexibility index (Phi) is 8.79. The van der Waals surface area contributed by atoms with E-state index in [1.54, 1.807) is 17.3 Å². The van der Waals surface area contributed by atoms with Crippen LogP contribution in [0.3, 0.4) is 0 Å². The van der Waals surface area contributed by atoms with Gasteiger partial charge in [-0.2, -0.15) is 15.0 Å². The number of anilines is 1. The molecule has 1 aromatic heterocycles. The summed E-state index contributed by atoms with van der Waals surface area (Å²) < 4.78 is 4.91. The number of aromatic nitrogens is 3. The van der Waals surface area contributed by atoms with Crippen LogP contribution in [-0.4, -0.2) is 57.7 Å². The number of piperidine rings is 1. The number of carbonyl (C=O) groups excluding carboxylic acids is 1. The summed E-state index contributed by atoms with van der Waals surface area (Å²) in [7, 11) is 1.85. The number of nitrogens with one attached hydrogen (secondary N) is 3. The second kappa shape index (κ2) is 11.3. The van der Waals surface area contributed by atoms with Gasteiger partial charge in [-0.25, -0.2) is 0 Å². The van der Waals surface area contributed by atoms with Crippen LogP contribution in [0.4, 0.5) is 5.69 Å². The van der Waals surface area contributed by atoms with Crippen molar-refractivity contribution in [2.24, 2.45) is 5.92 Å². The molecule has 10 heteroatoms. The Balaban J connectivity index is 0.000000215. The summed E-state index contributed by atoms with van der Waals surface area (Å²) in [5.74, 6) is 0.667. The molecule has 1 saturated heterocycles. The van der Waals surface area contributed by atoms with Crippen molar-refractivity contribution < 1.29 is 9.53 Å². The second-order valence-corrected chi connectivity index (χ2v) is 7.55. The van der Waals surface area contributed by atoms with Crippen molar-refractivity contribution in [3.63, 3.8) is 0 Å². The summed E-state index contributed by atoms with van der Waals surface area (Å²) in [4.78, 5) is 14.1. The maximum Gasteiger partial charge on any atom is 0.209 e. The molecule has 1 aromatic carbocycles. The molecule has 2 unspecified atom stereocenters. The Morgan fingerprint density at radius 3 is 2.67 bits per heavy atom. The number of benzene rings is 1. The van der Waals surface area contributed by atoms with E-state index in [2.05, 4.69) is 22.4 Å². The number of rotatable bonds is 5.